The number of ether oxygens (including phenoxy) is 2. The fraction of sp³-hybridized carbons (Fsp3) is 0.353. The number of nitrogens with zero attached hydrogens (tertiary/aromatic N) is 1. The number of hydrogen-bond acceptors (Lipinski definition) is 4. The molecule has 0 saturated heterocycles. The van der Waals surface area contributed by atoms with Crippen molar-refractivity contribution in [3.8, 4) is 11.5 Å². The van der Waals surface area contributed by atoms with Crippen LogP contribution in [0.5, 0.6) is 11.5 Å². The molecule has 110 valence electrons. The van der Waals surface area contributed by atoms with Crippen molar-refractivity contribution in [2.75, 3.05) is 14.2 Å². The molecule has 0 amide bonds. The molecule has 0 radical (unpaired) electrons. The zero-order valence-electron chi connectivity index (χ0n) is 12.4. The zero-order valence-corrected chi connectivity index (χ0v) is 12.4. The Morgan fingerprint density at radius 1 is 1.19 bits per heavy atom. The predicted molar refractivity (Wildman–Crippen MR) is 81.8 cm³/mol. The van der Waals surface area contributed by atoms with Gasteiger partial charge in [-0.1, -0.05) is 12.1 Å². The zero-order chi connectivity index (χ0) is 14.7. The van der Waals surface area contributed by atoms with Crippen LogP contribution in [-0.4, -0.2) is 25.2 Å². The Labute approximate surface area is 125 Å². The molecule has 3 rings (SSSR count). The topological polar surface area (TPSA) is 43.4 Å². The number of methoxy groups -OCH3 is 1. The second kappa shape index (κ2) is 6.14. The maximum Gasteiger partial charge on any atom is 0.142 e. The first-order valence-electron chi connectivity index (χ1n) is 7.23. The molecule has 21 heavy (non-hydrogen) atoms. The van der Waals surface area contributed by atoms with E-state index >= 15 is 0 Å². The van der Waals surface area contributed by atoms with E-state index < -0.39 is 0 Å². The molecule has 0 bridgehead atoms. The van der Waals surface area contributed by atoms with Crippen LogP contribution in [0.3, 0.4) is 0 Å². The summed E-state index contributed by atoms with van der Waals surface area (Å²) in [5.41, 5.74) is 2.25. The highest BCUT2D eigenvalue weighted by Gasteiger charge is 2.23. The third-order valence-electron chi connectivity index (χ3n) is 3.68. The van der Waals surface area contributed by atoms with Crippen LogP contribution in [0.15, 0.2) is 42.7 Å². The van der Waals surface area contributed by atoms with Crippen LogP contribution in [0.4, 0.5) is 0 Å². The lowest BCUT2D eigenvalue weighted by Crippen LogP contribution is -2.18. The first-order chi connectivity index (χ1) is 10.3. The van der Waals surface area contributed by atoms with Gasteiger partial charge in [0.05, 0.1) is 25.5 Å². The number of nitrogens with one attached hydrogen (secondary N) is 1. The molecule has 1 aliphatic carbocycles. The quantitative estimate of drug-likeness (QED) is 0.885. The molecule has 4 heteroatoms. The molecular formula is C17H20N2O2. The molecule has 1 atom stereocenters. The molecule has 0 aliphatic heterocycles. The van der Waals surface area contributed by atoms with Gasteiger partial charge in [-0.25, -0.2) is 0 Å². The number of benzene rings is 1. The third-order valence-corrected chi connectivity index (χ3v) is 3.68. The SMILES string of the molecule is CNC(c1ccc(OC2CC2)cc1)c1ccncc1OC. The smallest absolute Gasteiger partial charge is 0.142 e. The Balaban J connectivity index is 1.84. The average Bonchev–Trinajstić information content (AvgIpc) is 3.34. The van der Waals surface area contributed by atoms with Gasteiger partial charge >= 0.3 is 0 Å². The molecule has 1 aromatic carbocycles. The van der Waals surface area contributed by atoms with Crippen molar-refractivity contribution in [2.45, 2.75) is 25.0 Å². The van der Waals surface area contributed by atoms with Crippen molar-refractivity contribution in [1.82, 2.24) is 10.3 Å². The number of rotatable bonds is 6. The Morgan fingerprint density at radius 2 is 1.95 bits per heavy atom. The Morgan fingerprint density at radius 3 is 2.57 bits per heavy atom. The van der Waals surface area contributed by atoms with Gasteiger partial charge in [0.15, 0.2) is 0 Å². The summed E-state index contributed by atoms with van der Waals surface area (Å²) in [6, 6.07) is 10.3. The minimum absolute atomic E-state index is 0.0675. The summed E-state index contributed by atoms with van der Waals surface area (Å²) in [6.45, 7) is 0. The summed E-state index contributed by atoms with van der Waals surface area (Å²) in [7, 11) is 3.61. The van der Waals surface area contributed by atoms with E-state index in [1.165, 1.54) is 18.4 Å². The largest absolute Gasteiger partial charge is 0.495 e. The van der Waals surface area contributed by atoms with Gasteiger partial charge < -0.3 is 14.8 Å². The molecule has 1 heterocycles. The van der Waals surface area contributed by atoms with Gasteiger partial charge in [-0.15, -0.1) is 0 Å². The summed E-state index contributed by atoms with van der Waals surface area (Å²) in [4.78, 5) is 4.11. The normalized spacial score (nSPS) is 15.5. The van der Waals surface area contributed by atoms with Crippen LogP contribution in [-0.2, 0) is 0 Å². The van der Waals surface area contributed by atoms with Crippen molar-refractivity contribution in [3.05, 3.63) is 53.9 Å². The lowest BCUT2D eigenvalue weighted by molar-refractivity contribution is 0.303. The lowest BCUT2D eigenvalue weighted by Gasteiger charge is -2.19. The van der Waals surface area contributed by atoms with Crippen LogP contribution in [0.2, 0.25) is 0 Å². The second-order valence-corrected chi connectivity index (χ2v) is 5.23. The van der Waals surface area contributed by atoms with Crippen molar-refractivity contribution in [1.29, 1.82) is 0 Å². The van der Waals surface area contributed by atoms with Gasteiger partial charge in [0, 0.05) is 11.8 Å². The van der Waals surface area contributed by atoms with E-state index in [4.69, 9.17) is 9.47 Å². The minimum atomic E-state index is 0.0675. The number of hydrogen-bond donors (Lipinski definition) is 1. The standard InChI is InChI=1S/C17H20N2O2/c1-18-17(15-9-10-19-11-16(15)20-2)12-3-5-13(6-4-12)21-14-7-8-14/h3-6,9-11,14,17-18H,7-8H2,1-2H3. The van der Waals surface area contributed by atoms with E-state index in [-0.39, 0.29) is 6.04 Å². The van der Waals surface area contributed by atoms with E-state index in [0.29, 0.717) is 6.10 Å². The second-order valence-electron chi connectivity index (χ2n) is 5.23. The summed E-state index contributed by atoms with van der Waals surface area (Å²) >= 11 is 0. The third kappa shape index (κ3) is 3.16. The molecule has 4 nitrogen and oxygen atoms in total. The monoisotopic (exact) mass is 284 g/mol. The Hall–Kier alpha value is -2.07. The van der Waals surface area contributed by atoms with Gasteiger partial charge in [-0.05, 0) is 43.7 Å². The van der Waals surface area contributed by atoms with Crippen LogP contribution < -0.4 is 14.8 Å². The number of pyridine rings is 1. The molecule has 1 N–H and O–H groups in total. The maximum absolute atomic E-state index is 5.79. The van der Waals surface area contributed by atoms with E-state index in [1.807, 2.05) is 25.2 Å². The van der Waals surface area contributed by atoms with Crippen LogP contribution >= 0.6 is 0 Å². The van der Waals surface area contributed by atoms with Crippen molar-refractivity contribution in [2.24, 2.45) is 0 Å². The summed E-state index contributed by atoms with van der Waals surface area (Å²) in [6.07, 6.45) is 6.30. The predicted octanol–water partition coefficient (Wildman–Crippen LogP) is 2.94. The fourth-order valence-electron chi connectivity index (χ4n) is 2.42. The maximum atomic E-state index is 5.79. The minimum Gasteiger partial charge on any atom is -0.495 e. The highest BCUT2D eigenvalue weighted by molar-refractivity contribution is 5.41. The first-order valence-corrected chi connectivity index (χ1v) is 7.23. The number of aromatic nitrogens is 1. The molecule has 0 spiro atoms. The van der Waals surface area contributed by atoms with Crippen molar-refractivity contribution < 1.29 is 9.47 Å². The van der Waals surface area contributed by atoms with E-state index in [2.05, 4.69) is 22.4 Å². The van der Waals surface area contributed by atoms with E-state index in [9.17, 15) is 0 Å². The van der Waals surface area contributed by atoms with Gasteiger partial charge in [0.2, 0.25) is 0 Å². The van der Waals surface area contributed by atoms with Crippen LogP contribution in [0, 0.1) is 0 Å². The fourth-order valence-corrected chi connectivity index (χ4v) is 2.42. The average molecular weight is 284 g/mol. The van der Waals surface area contributed by atoms with E-state index in [1.54, 1.807) is 19.5 Å². The van der Waals surface area contributed by atoms with Crippen molar-refractivity contribution in [3.63, 3.8) is 0 Å². The molecule has 1 fully saturated rings. The highest BCUT2D eigenvalue weighted by atomic mass is 16.5. The van der Waals surface area contributed by atoms with Gasteiger partial charge in [0.1, 0.15) is 11.5 Å². The summed E-state index contributed by atoms with van der Waals surface area (Å²) in [5.74, 6) is 1.73. The van der Waals surface area contributed by atoms with Gasteiger partial charge in [-0.3, -0.25) is 4.98 Å². The van der Waals surface area contributed by atoms with Crippen LogP contribution in [0.25, 0.3) is 0 Å². The molecule has 1 unspecified atom stereocenters. The summed E-state index contributed by atoms with van der Waals surface area (Å²) in [5, 5.41) is 3.33. The lowest BCUT2D eigenvalue weighted by atomic mass is 9.99. The molecule has 1 saturated carbocycles. The van der Waals surface area contributed by atoms with Gasteiger partial charge in [0.25, 0.3) is 0 Å². The first kappa shape index (κ1) is 13.9. The molecule has 1 aromatic heterocycles. The van der Waals surface area contributed by atoms with E-state index in [0.717, 1.165) is 17.1 Å². The van der Waals surface area contributed by atoms with Crippen molar-refractivity contribution >= 4 is 0 Å². The molecule has 2 aromatic rings. The Kier molecular flexibility index (Phi) is 4.06. The molecular weight excluding hydrogens is 264 g/mol. The highest BCUT2D eigenvalue weighted by Crippen LogP contribution is 2.31. The van der Waals surface area contributed by atoms with Crippen LogP contribution in [0.1, 0.15) is 30.0 Å². The Bertz CT molecular complexity index is 594. The summed E-state index contributed by atoms with van der Waals surface area (Å²) < 4.78 is 11.2. The van der Waals surface area contributed by atoms with Gasteiger partial charge in [-0.2, -0.15) is 0 Å². The molecule has 1 aliphatic rings.